The molecule has 1 amide bonds. The molecule has 1 aromatic heterocycles. The molecule has 4 aliphatic heterocycles. The molecule has 0 saturated carbocycles. The number of nitrogens with zero attached hydrogens (tertiary/aromatic N) is 3. The number of carbonyl (C=O) groups excluding carboxylic acids is 1. The first-order valence-electron chi connectivity index (χ1n) is 9.54. The molecular formula is C21H21F2N3O. The number of likely N-dealkylation sites (tertiary alicyclic amines) is 1. The van der Waals surface area contributed by atoms with E-state index in [1.807, 2.05) is 11.0 Å². The fourth-order valence-corrected chi connectivity index (χ4v) is 5.37. The van der Waals surface area contributed by atoms with Crippen molar-refractivity contribution in [2.75, 3.05) is 19.6 Å². The summed E-state index contributed by atoms with van der Waals surface area (Å²) in [6.45, 7) is 2.46. The van der Waals surface area contributed by atoms with E-state index in [9.17, 15) is 13.6 Å². The van der Waals surface area contributed by atoms with Gasteiger partial charge in [-0.3, -0.25) is 14.7 Å². The molecular weight excluding hydrogens is 348 g/mol. The van der Waals surface area contributed by atoms with E-state index in [4.69, 9.17) is 0 Å². The number of pyridine rings is 1. The van der Waals surface area contributed by atoms with Crippen LogP contribution in [0, 0.1) is 17.6 Å². The first-order chi connectivity index (χ1) is 13.1. The van der Waals surface area contributed by atoms with Gasteiger partial charge in [-0.2, -0.15) is 0 Å². The molecule has 2 bridgehead atoms. The van der Waals surface area contributed by atoms with E-state index in [-0.39, 0.29) is 23.9 Å². The fourth-order valence-electron chi connectivity index (χ4n) is 5.37. The third kappa shape index (κ3) is 2.74. The number of carbonyl (C=O) groups is 1. The Balaban J connectivity index is 1.55. The van der Waals surface area contributed by atoms with Crippen LogP contribution in [0.5, 0.6) is 0 Å². The summed E-state index contributed by atoms with van der Waals surface area (Å²) < 4.78 is 27.7. The molecule has 4 aliphatic rings. The normalized spacial score (nSPS) is 31.8. The Morgan fingerprint density at radius 1 is 1.04 bits per heavy atom. The lowest BCUT2D eigenvalue weighted by atomic mass is 9.75. The molecule has 0 aliphatic carbocycles. The maximum Gasteiger partial charge on any atom is 0.272 e. The molecule has 4 nitrogen and oxygen atoms in total. The standard InChI is InChI=1S/C21H21F2N3O/c22-15-9-14(10-16(23)11-15)17-12-26(21(27)18-3-1-2-6-24-18)19-13-4-7-25(8-5-13)20(17)19/h1-3,6,9-11,13,17,19-20H,4-5,7-8,12H2/t17-,19-,20-/m1/s1. The van der Waals surface area contributed by atoms with Crippen LogP contribution in [0.2, 0.25) is 0 Å². The summed E-state index contributed by atoms with van der Waals surface area (Å²) in [5.74, 6) is -0.857. The lowest BCUT2D eigenvalue weighted by molar-refractivity contribution is -0.00361. The second kappa shape index (κ2) is 6.37. The molecule has 0 unspecified atom stereocenters. The van der Waals surface area contributed by atoms with Crippen molar-refractivity contribution in [3.05, 3.63) is 65.5 Å². The summed E-state index contributed by atoms with van der Waals surface area (Å²) in [5, 5.41) is 0. The Bertz CT molecular complexity index is 847. The predicted octanol–water partition coefficient (Wildman–Crippen LogP) is 3.06. The Labute approximate surface area is 156 Å². The van der Waals surface area contributed by atoms with Crippen molar-refractivity contribution >= 4 is 5.91 Å². The average molecular weight is 369 g/mol. The third-order valence-corrected chi connectivity index (χ3v) is 6.45. The van der Waals surface area contributed by atoms with E-state index < -0.39 is 11.6 Å². The van der Waals surface area contributed by atoms with E-state index in [0.717, 1.165) is 32.0 Å². The Hall–Kier alpha value is -2.34. The molecule has 4 fully saturated rings. The maximum atomic E-state index is 13.9. The minimum absolute atomic E-state index is 0.0818. The molecule has 0 spiro atoms. The molecule has 6 heteroatoms. The molecule has 6 rings (SSSR count). The van der Waals surface area contributed by atoms with Crippen LogP contribution >= 0.6 is 0 Å². The van der Waals surface area contributed by atoms with E-state index in [1.165, 1.54) is 12.1 Å². The van der Waals surface area contributed by atoms with Gasteiger partial charge in [-0.15, -0.1) is 0 Å². The minimum atomic E-state index is -0.563. The fraction of sp³-hybridized carbons (Fsp3) is 0.429. The van der Waals surface area contributed by atoms with Gasteiger partial charge in [-0.05, 0) is 61.7 Å². The molecule has 1 aromatic carbocycles. The van der Waals surface area contributed by atoms with Crippen molar-refractivity contribution in [2.24, 2.45) is 5.92 Å². The number of piperidine rings is 3. The van der Waals surface area contributed by atoms with Gasteiger partial charge < -0.3 is 4.90 Å². The van der Waals surface area contributed by atoms with Crippen LogP contribution < -0.4 is 0 Å². The summed E-state index contributed by atoms with van der Waals surface area (Å²) in [6.07, 6.45) is 3.76. The molecule has 0 N–H and O–H groups in total. The first kappa shape index (κ1) is 16.8. The highest BCUT2D eigenvalue weighted by atomic mass is 19.1. The summed E-state index contributed by atoms with van der Waals surface area (Å²) >= 11 is 0. The van der Waals surface area contributed by atoms with Crippen molar-refractivity contribution < 1.29 is 13.6 Å². The number of hydrogen-bond donors (Lipinski definition) is 0. The number of fused-ring (bicyclic) bond motifs is 2. The number of hydrogen-bond acceptors (Lipinski definition) is 3. The smallest absolute Gasteiger partial charge is 0.272 e. The summed E-state index contributed by atoms with van der Waals surface area (Å²) in [6, 6.07) is 9.27. The van der Waals surface area contributed by atoms with Gasteiger partial charge in [-0.25, -0.2) is 8.78 Å². The van der Waals surface area contributed by atoms with Crippen molar-refractivity contribution in [2.45, 2.75) is 30.8 Å². The van der Waals surface area contributed by atoms with Gasteiger partial charge in [0.15, 0.2) is 0 Å². The zero-order chi connectivity index (χ0) is 18.5. The average Bonchev–Trinajstić information content (AvgIpc) is 3.11. The van der Waals surface area contributed by atoms with Gasteiger partial charge in [0.05, 0.1) is 6.04 Å². The molecule has 140 valence electrons. The number of amides is 1. The lowest BCUT2D eigenvalue weighted by Crippen LogP contribution is -2.60. The van der Waals surface area contributed by atoms with Crippen molar-refractivity contribution in [3.63, 3.8) is 0 Å². The van der Waals surface area contributed by atoms with Crippen LogP contribution in [0.4, 0.5) is 8.78 Å². The van der Waals surface area contributed by atoms with Gasteiger partial charge in [0, 0.05) is 30.8 Å². The highest BCUT2D eigenvalue weighted by molar-refractivity contribution is 5.93. The van der Waals surface area contributed by atoms with Crippen LogP contribution in [0.3, 0.4) is 0 Å². The monoisotopic (exact) mass is 369 g/mol. The zero-order valence-electron chi connectivity index (χ0n) is 14.9. The summed E-state index contributed by atoms with van der Waals surface area (Å²) in [5.41, 5.74) is 1.07. The van der Waals surface area contributed by atoms with Gasteiger partial charge in [0.2, 0.25) is 0 Å². The summed E-state index contributed by atoms with van der Waals surface area (Å²) in [4.78, 5) is 21.7. The Kier molecular flexibility index (Phi) is 3.97. The van der Waals surface area contributed by atoms with Crippen LogP contribution in [0.15, 0.2) is 42.6 Å². The molecule has 4 saturated heterocycles. The molecule has 2 aromatic rings. The minimum Gasteiger partial charge on any atom is -0.332 e. The van der Waals surface area contributed by atoms with Crippen molar-refractivity contribution in [1.82, 2.24) is 14.8 Å². The highest BCUT2D eigenvalue weighted by Crippen LogP contribution is 2.47. The van der Waals surface area contributed by atoms with E-state index in [2.05, 4.69) is 9.88 Å². The Morgan fingerprint density at radius 3 is 2.44 bits per heavy atom. The molecule has 3 atom stereocenters. The largest absolute Gasteiger partial charge is 0.332 e. The van der Waals surface area contributed by atoms with Gasteiger partial charge in [0.25, 0.3) is 5.91 Å². The zero-order valence-corrected chi connectivity index (χ0v) is 14.9. The van der Waals surface area contributed by atoms with Crippen LogP contribution in [-0.4, -0.2) is 52.4 Å². The summed E-state index contributed by atoms with van der Waals surface area (Å²) in [7, 11) is 0. The first-order valence-corrected chi connectivity index (χ1v) is 9.54. The molecule has 27 heavy (non-hydrogen) atoms. The number of benzene rings is 1. The van der Waals surface area contributed by atoms with Crippen molar-refractivity contribution in [3.8, 4) is 0 Å². The van der Waals surface area contributed by atoms with Crippen LogP contribution in [0.25, 0.3) is 0 Å². The molecule has 5 heterocycles. The number of aromatic nitrogens is 1. The molecule has 0 radical (unpaired) electrons. The van der Waals surface area contributed by atoms with Gasteiger partial charge in [0.1, 0.15) is 17.3 Å². The van der Waals surface area contributed by atoms with E-state index >= 15 is 0 Å². The second-order valence-corrected chi connectivity index (χ2v) is 7.84. The maximum absolute atomic E-state index is 13.9. The highest BCUT2D eigenvalue weighted by Gasteiger charge is 2.54. The Morgan fingerprint density at radius 2 is 1.78 bits per heavy atom. The topological polar surface area (TPSA) is 36.4 Å². The predicted molar refractivity (Wildman–Crippen MR) is 96.2 cm³/mol. The van der Waals surface area contributed by atoms with Crippen LogP contribution in [-0.2, 0) is 0 Å². The SMILES string of the molecule is O=C(c1ccccn1)N1C[C@H](c2cc(F)cc(F)c2)[C@@H]2[C@H]1C1CCN2CC1. The van der Waals surface area contributed by atoms with Gasteiger partial charge in [-0.1, -0.05) is 6.07 Å². The quantitative estimate of drug-likeness (QED) is 0.816. The number of halogens is 2. The van der Waals surface area contributed by atoms with Crippen LogP contribution in [0.1, 0.15) is 34.8 Å². The third-order valence-electron chi connectivity index (χ3n) is 6.45. The van der Waals surface area contributed by atoms with Crippen molar-refractivity contribution in [1.29, 1.82) is 0 Å². The van der Waals surface area contributed by atoms with Gasteiger partial charge >= 0.3 is 0 Å². The number of rotatable bonds is 2. The second-order valence-electron chi connectivity index (χ2n) is 7.84. The van der Waals surface area contributed by atoms with E-state index in [0.29, 0.717) is 23.7 Å². The van der Waals surface area contributed by atoms with E-state index in [1.54, 1.807) is 18.3 Å². The lowest BCUT2D eigenvalue weighted by Gasteiger charge is -2.51.